The minimum absolute atomic E-state index is 0.0208. The highest BCUT2D eigenvalue weighted by molar-refractivity contribution is 6.09. The molecule has 0 saturated carbocycles. The molecule has 4 rings (SSSR count). The smallest absolute Gasteiger partial charge is 0.252 e. The van der Waals surface area contributed by atoms with Crippen LogP contribution in [0.3, 0.4) is 0 Å². The molecular formula is C18H19N3O2. The van der Waals surface area contributed by atoms with E-state index in [1.807, 2.05) is 24.3 Å². The quantitative estimate of drug-likeness (QED) is 0.920. The van der Waals surface area contributed by atoms with E-state index in [0.29, 0.717) is 6.42 Å². The van der Waals surface area contributed by atoms with E-state index in [1.165, 1.54) is 0 Å². The molecule has 2 aliphatic heterocycles. The number of rotatable bonds is 2. The second kappa shape index (κ2) is 5.13. The summed E-state index contributed by atoms with van der Waals surface area (Å²) in [6.07, 6.45) is 1.19. The van der Waals surface area contributed by atoms with Crippen molar-refractivity contribution in [2.45, 2.75) is 31.8 Å². The molecule has 5 heteroatoms. The predicted octanol–water partition coefficient (Wildman–Crippen LogP) is 1.85. The molecule has 23 heavy (non-hydrogen) atoms. The highest BCUT2D eigenvalue weighted by Gasteiger charge is 2.41. The normalized spacial score (nSPS) is 23.5. The molecule has 118 valence electrons. The van der Waals surface area contributed by atoms with Gasteiger partial charge < -0.3 is 5.32 Å². The number of hydrogen-bond acceptors (Lipinski definition) is 4. The summed E-state index contributed by atoms with van der Waals surface area (Å²) < 4.78 is 0. The Balaban J connectivity index is 1.98. The van der Waals surface area contributed by atoms with Crippen molar-refractivity contribution in [2.24, 2.45) is 0 Å². The molecular weight excluding hydrogens is 290 g/mol. The summed E-state index contributed by atoms with van der Waals surface area (Å²) in [6.45, 7) is 2.46. The SMILES string of the molecule is CC(=O)C[C@@H]1NC(=O)c2c3c(nc4ccccc24)CCN(C)[C@@H]31. The maximum Gasteiger partial charge on any atom is 0.252 e. The lowest BCUT2D eigenvalue weighted by molar-refractivity contribution is -0.117. The molecule has 0 bridgehead atoms. The molecule has 1 N–H and O–H groups in total. The lowest BCUT2D eigenvalue weighted by Gasteiger charge is -2.43. The monoisotopic (exact) mass is 309 g/mol. The molecule has 1 amide bonds. The number of nitrogens with one attached hydrogen (secondary N) is 1. The molecule has 2 aliphatic rings. The zero-order valence-corrected chi connectivity index (χ0v) is 13.3. The van der Waals surface area contributed by atoms with Crippen LogP contribution in [0.4, 0.5) is 0 Å². The van der Waals surface area contributed by atoms with Crippen LogP contribution < -0.4 is 5.32 Å². The third-order valence-corrected chi connectivity index (χ3v) is 4.91. The Kier molecular flexibility index (Phi) is 3.20. The highest BCUT2D eigenvalue weighted by Crippen LogP contribution is 2.39. The molecule has 0 fully saturated rings. The Morgan fingerprint density at radius 3 is 2.96 bits per heavy atom. The van der Waals surface area contributed by atoms with Gasteiger partial charge in [-0.25, -0.2) is 0 Å². The largest absolute Gasteiger partial charge is 0.347 e. The number of carbonyl (C=O) groups is 2. The number of amides is 1. The van der Waals surface area contributed by atoms with Crippen LogP contribution in [-0.4, -0.2) is 41.2 Å². The van der Waals surface area contributed by atoms with Crippen LogP contribution in [0.1, 0.15) is 41.0 Å². The molecule has 5 nitrogen and oxygen atoms in total. The average molecular weight is 309 g/mol. The summed E-state index contributed by atoms with van der Waals surface area (Å²) in [4.78, 5) is 31.4. The van der Waals surface area contributed by atoms with Crippen LogP contribution in [0.2, 0.25) is 0 Å². The number of para-hydroxylation sites is 1. The van der Waals surface area contributed by atoms with Crippen molar-refractivity contribution >= 4 is 22.6 Å². The fraction of sp³-hybridized carbons (Fsp3) is 0.389. The molecule has 0 aliphatic carbocycles. The van der Waals surface area contributed by atoms with Gasteiger partial charge in [0.25, 0.3) is 5.91 Å². The van der Waals surface area contributed by atoms with Crippen molar-refractivity contribution in [1.82, 2.24) is 15.2 Å². The zero-order valence-electron chi connectivity index (χ0n) is 13.3. The second-order valence-electron chi connectivity index (χ2n) is 6.53. The summed E-state index contributed by atoms with van der Waals surface area (Å²) in [5.74, 6) is 0.00525. The topological polar surface area (TPSA) is 62.3 Å². The molecule has 0 unspecified atom stereocenters. The lowest BCUT2D eigenvalue weighted by Crippen LogP contribution is -2.53. The summed E-state index contributed by atoms with van der Waals surface area (Å²) in [6, 6.07) is 7.62. The van der Waals surface area contributed by atoms with Crippen LogP contribution in [0, 0.1) is 0 Å². The van der Waals surface area contributed by atoms with Crippen molar-refractivity contribution in [1.29, 1.82) is 0 Å². The van der Waals surface area contributed by atoms with Gasteiger partial charge in [0.1, 0.15) is 5.78 Å². The van der Waals surface area contributed by atoms with Gasteiger partial charge in [0.15, 0.2) is 0 Å². The maximum absolute atomic E-state index is 12.8. The number of likely N-dealkylation sites (N-methyl/N-ethyl adjacent to an activating group) is 1. The number of Topliss-reactive ketones (excluding diaryl/α,β-unsaturated/α-hetero) is 1. The number of aromatic nitrogens is 1. The Labute approximate surface area is 134 Å². The van der Waals surface area contributed by atoms with E-state index >= 15 is 0 Å². The van der Waals surface area contributed by atoms with Crippen molar-refractivity contribution in [3.05, 3.63) is 41.1 Å². The van der Waals surface area contributed by atoms with E-state index in [2.05, 4.69) is 17.3 Å². The van der Waals surface area contributed by atoms with Gasteiger partial charge in [-0.1, -0.05) is 18.2 Å². The Hall–Kier alpha value is -2.27. The van der Waals surface area contributed by atoms with Crippen LogP contribution in [0.25, 0.3) is 10.9 Å². The molecule has 1 aromatic heterocycles. The van der Waals surface area contributed by atoms with Crippen LogP contribution in [-0.2, 0) is 11.2 Å². The van der Waals surface area contributed by atoms with Gasteiger partial charge in [0, 0.05) is 36.0 Å². The molecule has 3 heterocycles. The molecule has 2 aromatic rings. The highest BCUT2D eigenvalue weighted by atomic mass is 16.2. The minimum Gasteiger partial charge on any atom is -0.347 e. The van der Waals surface area contributed by atoms with Crippen LogP contribution >= 0.6 is 0 Å². The number of hydrogen-bond donors (Lipinski definition) is 1. The van der Waals surface area contributed by atoms with E-state index in [-0.39, 0.29) is 23.8 Å². The maximum atomic E-state index is 12.8. The minimum atomic E-state index is -0.181. The van der Waals surface area contributed by atoms with Gasteiger partial charge in [-0.2, -0.15) is 0 Å². The third kappa shape index (κ3) is 2.15. The number of pyridine rings is 1. The van der Waals surface area contributed by atoms with Crippen molar-refractivity contribution in [3.8, 4) is 0 Å². The predicted molar refractivity (Wildman–Crippen MR) is 87.4 cm³/mol. The number of carbonyl (C=O) groups excluding carboxylic acids is 2. The van der Waals surface area contributed by atoms with Gasteiger partial charge in [-0.05, 0) is 20.0 Å². The number of nitrogens with zero attached hydrogens (tertiary/aromatic N) is 2. The van der Waals surface area contributed by atoms with Gasteiger partial charge in [-0.3, -0.25) is 19.5 Å². The zero-order chi connectivity index (χ0) is 16.1. The van der Waals surface area contributed by atoms with Crippen LogP contribution in [0.15, 0.2) is 24.3 Å². The van der Waals surface area contributed by atoms with E-state index in [0.717, 1.165) is 40.7 Å². The second-order valence-corrected chi connectivity index (χ2v) is 6.53. The number of fused-ring (bicyclic) bond motifs is 2. The number of ketones is 1. The Morgan fingerprint density at radius 2 is 2.17 bits per heavy atom. The van der Waals surface area contributed by atoms with Crippen molar-refractivity contribution in [3.63, 3.8) is 0 Å². The van der Waals surface area contributed by atoms with Crippen LogP contribution in [0.5, 0.6) is 0 Å². The first-order chi connectivity index (χ1) is 11.1. The summed E-state index contributed by atoms with van der Waals surface area (Å²) in [5, 5.41) is 3.95. The van der Waals surface area contributed by atoms with Gasteiger partial charge in [-0.15, -0.1) is 0 Å². The average Bonchev–Trinajstić information content (AvgIpc) is 2.51. The lowest BCUT2D eigenvalue weighted by atomic mass is 9.81. The van der Waals surface area contributed by atoms with E-state index in [4.69, 9.17) is 4.98 Å². The number of benzene rings is 1. The fourth-order valence-corrected chi connectivity index (χ4v) is 3.97. The van der Waals surface area contributed by atoms with Gasteiger partial charge >= 0.3 is 0 Å². The fourth-order valence-electron chi connectivity index (χ4n) is 3.97. The molecule has 0 spiro atoms. The molecule has 2 atom stereocenters. The Bertz CT molecular complexity index is 830. The molecule has 0 radical (unpaired) electrons. The van der Waals surface area contributed by atoms with E-state index in [1.54, 1.807) is 6.92 Å². The Morgan fingerprint density at radius 1 is 1.39 bits per heavy atom. The van der Waals surface area contributed by atoms with Gasteiger partial charge in [0.2, 0.25) is 0 Å². The van der Waals surface area contributed by atoms with E-state index < -0.39 is 0 Å². The van der Waals surface area contributed by atoms with Gasteiger partial charge in [0.05, 0.1) is 23.2 Å². The first-order valence-corrected chi connectivity index (χ1v) is 7.98. The van der Waals surface area contributed by atoms with E-state index in [9.17, 15) is 9.59 Å². The van der Waals surface area contributed by atoms with Crippen molar-refractivity contribution < 1.29 is 9.59 Å². The summed E-state index contributed by atoms with van der Waals surface area (Å²) in [5.41, 5.74) is 3.63. The third-order valence-electron chi connectivity index (χ3n) is 4.91. The van der Waals surface area contributed by atoms with Crippen molar-refractivity contribution in [2.75, 3.05) is 13.6 Å². The summed E-state index contributed by atoms with van der Waals surface area (Å²) >= 11 is 0. The summed E-state index contributed by atoms with van der Waals surface area (Å²) in [7, 11) is 2.05. The molecule has 1 aromatic carbocycles. The first kappa shape index (κ1) is 14.3. The first-order valence-electron chi connectivity index (χ1n) is 7.98. The standard InChI is InChI=1S/C18H19N3O2/c1-10(22)9-14-17-16-13(7-8-21(17)2)19-12-6-4-3-5-11(12)15(16)18(23)20-14/h3-6,14,17H,7-9H2,1-2H3,(H,20,23)/t14-,17+/m0/s1. The molecule has 0 saturated heterocycles.